The van der Waals surface area contributed by atoms with E-state index in [0.717, 1.165) is 12.8 Å². The lowest BCUT2D eigenvalue weighted by atomic mass is 10.2. The zero-order valence-corrected chi connectivity index (χ0v) is 11.4. The van der Waals surface area contributed by atoms with E-state index in [0.29, 0.717) is 12.2 Å². The van der Waals surface area contributed by atoms with E-state index in [1.54, 1.807) is 17.9 Å². The molecule has 0 radical (unpaired) electrons. The van der Waals surface area contributed by atoms with Gasteiger partial charge in [-0.2, -0.15) is 0 Å². The molecule has 0 spiro atoms. The average molecular weight is 283 g/mol. The van der Waals surface area contributed by atoms with Crippen molar-refractivity contribution in [3.63, 3.8) is 0 Å². The summed E-state index contributed by atoms with van der Waals surface area (Å²) >= 11 is 5.77. The molecule has 0 N–H and O–H groups in total. The summed E-state index contributed by atoms with van der Waals surface area (Å²) in [7, 11) is 0. The number of aromatic nitrogens is 1. The molecule has 0 unspecified atom stereocenters. The molecule has 0 aliphatic heterocycles. The molecular formula is C13H15ClN2O3. The van der Waals surface area contributed by atoms with Crippen LogP contribution in [0.4, 0.5) is 0 Å². The van der Waals surface area contributed by atoms with Crippen LogP contribution in [0.3, 0.4) is 0 Å². The molecule has 0 aromatic carbocycles. The number of halogens is 1. The van der Waals surface area contributed by atoms with Crippen LogP contribution in [-0.4, -0.2) is 41.0 Å². The van der Waals surface area contributed by atoms with Crippen LogP contribution in [-0.2, 0) is 9.53 Å². The van der Waals surface area contributed by atoms with Gasteiger partial charge in [-0.1, -0.05) is 11.6 Å². The normalized spacial score (nSPS) is 14.0. The van der Waals surface area contributed by atoms with Gasteiger partial charge in [-0.05, 0) is 31.9 Å². The lowest BCUT2D eigenvalue weighted by Crippen LogP contribution is -2.38. The van der Waals surface area contributed by atoms with Crippen molar-refractivity contribution in [3.8, 4) is 0 Å². The predicted molar refractivity (Wildman–Crippen MR) is 69.9 cm³/mol. The highest BCUT2D eigenvalue weighted by Crippen LogP contribution is 2.28. The summed E-state index contributed by atoms with van der Waals surface area (Å²) < 4.78 is 4.89. The zero-order chi connectivity index (χ0) is 13.8. The van der Waals surface area contributed by atoms with Gasteiger partial charge in [-0.3, -0.25) is 9.59 Å². The van der Waals surface area contributed by atoms with Gasteiger partial charge < -0.3 is 9.64 Å². The summed E-state index contributed by atoms with van der Waals surface area (Å²) in [5.74, 6) is -0.595. The van der Waals surface area contributed by atoms with Crippen molar-refractivity contribution in [2.45, 2.75) is 25.8 Å². The second-order valence-corrected chi connectivity index (χ2v) is 4.72. The van der Waals surface area contributed by atoms with Crippen LogP contribution in [0.2, 0.25) is 5.15 Å². The third kappa shape index (κ3) is 3.67. The number of carbonyl (C=O) groups is 2. The Bertz CT molecular complexity index is 489. The van der Waals surface area contributed by atoms with E-state index in [1.165, 1.54) is 12.3 Å². The number of nitrogens with zero attached hydrogens (tertiary/aromatic N) is 2. The van der Waals surface area contributed by atoms with Crippen molar-refractivity contribution < 1.29 is 14.3 Å². The molecule has 0 saturated heterocycles. The van der Waals surface area contributed by atoms with Gasteiger partial charge in [0, 0.05) is 17.8 Å². The van der Waals surface area contributed by atoms with Crippen molar-refractivity contribution in [1.29, 1.82) is 0 Å². The van der Waals surface area contributed by atoms with Crippen LogP contribution in [0.5, 0.6) is 0 Å². The fourth-order valence-electron chi connectivity index (χ4n) is 1.80. The molecular weight excluding hydrogens is 268 g/mol. The van der Waals surface area contributed by atoms with Crippen LogP contribution in [0.1, 0.15) is 30.1 Å². The molecule has 1 aromatic rings. The molecule has 1 aliphatic carbocycles. The van der Waals surface area contributed by atoms with Crippen LogP contribution < -0.4 is 0 Å². The number of esters is 1. The molecule has 1 saturated carbocycles. The van der Waals surface area contributed by atoms with Crippen molar-refractivity contribution in [3.05, 3.63) is 29.0 Å². The Morgan fingerprint density at radius 1 is 1.53 bits per heavy atom. The minimum atomic E-state index is -0.386. The van der Waals surface area contributed by atoms with Crippen LogP contribution in [0.15, 0.2) is 18.3 Å². The first kappa shape index (κ1) is 13.8. The first-order valence-corrected chi connectivity index (χ1v) is 6.57. The zero-order valence-electron chi connectivity index (χ0n) is 10.6. The highest BCUT2D eigenvalue weighted by atomic mass is 35.5. The summed E-state index contributed by atoms with van der Waals surface area (Å²) in [6.07, 6.45) is 3.32. The van der Waals surface area contributed by atoms with Crippen LogP contribution in [0, 0.1) is 0 Å². The van der Waals surface area contributed by atoms with Gasteiger partial charge in [0.15, 0.2) is 0 Å². The van der Waals surface area contributed by atoms with Gasteiger partial charge in [-0.25, -0.2) is 4.98 Å². The summed E-state index contributed by atoms with van der Waals surface area (Å²) in [6, 6.07) is 3.22. The SMILES string of the molecule is CCOC(=O)CN(C(=O)c1ccnc(Cl)c1)C1CC1. The Labute approximate surface area is 116 Å². The molecule has 19 heavy (non-hydrogen) atoms. The lowest BCUT2D eigenvalue weighted by molar-refractivity contribution is -0.144. The number of hydrogen-bond acceptors (Lipinski definition) is 4. The Hall–Kier alpha value is -1.62. The van der Waals surface area contributed by atoms with Gasteiger partial charge in [0.2, 0.25) is 0 Å². The van der Waals surface area contributed by atoms with Crippen LogP contribution >= 0.6 is 11.6 Å². The molecule has 1 amide bonds. The molecule has 5 nitrogen and oxygen atoms in total. The summed E-state index contributed by atoms with van der Waals surface area (Å²) in [6.45, 7) is 2.04. The molecule has 1 fully saturated rings. The Kier molecular flexibility index (Phi) is 4.37. The summed E-state index contributed by atoms with van der Waals surface area (Å²) in [5.41, 5.74) is 0.441. The third-order valence-corrected chi connectivity index (χ3v) is 3.03. The quantitative estimate of drug-likeness (QED) is 0.611. The fourth-order valence-corrected chi connectivity index (χ4v) is 1.97. The molecule has 0 atom stereocenters. The average Bonchev–Trinajstić information content (AvgIpc) is 3.20. The fraction of sp³-hybridized carbons (Fsp3) is 0.462. The second kappa shape index (κ2) is 6.02. The van der Waals surface area contributed by atoms with Gasteiger partial charge in [-0.15, -0.1) is 0 Å². The second-order valence-electron chi connectivity index (χ2n) is 4.34. The number of rotatable bonds is 5. The van der Waals surface area contributed by atoms with E-state index >= 15 is 0 Å². The molecule has 6 heteroatoms. The minimum Gasteiger partial charge on any atom is -0.465 e. The molecule has 102 valence electrons. The molecule has 2 rings (SSSR count). The highest BCUT2D eigenvalue weighted by Gasteiger charge is 2.34. The van der Waals surface area contributed by atoms with Crippen molar-refractivity contribution in [1.82, 2.24) is 9.88 Å². The predicted octanol–water partition coefficient (Wildman–Crippen LogP) is 1.90. The Morgan fingerprint density at radius 3 is 2.84 bits per heavy atom. The van der Waals surface area contributed by atoms with E-state index in [2.05, 4.69) is 4.98 Å². The maximum atomic E-state index is 12.4. The number of hydrogen-bond donors (Lipinski definition) is 0. The Morgan fingerprint density at radius 2 is 2.26 bits per heavy atom. The topological polar surface area (TPSA) is 59.5 Å². The molecule has 1 aromatic heterocycles. The minimum absolute atomic E-state index is 0.0166. The number of carbonyl (C=O) groups excluding carboxylic acids is 2. The largest absolute Gasteiger partial charge is 0.465 e. The van der Waals surface area contributed by atoms with Crippen LogP contribution in [0.25, 0.3) is 0 Å². The van der Waals surface area contributed by atoms with E-state index in [4.69, 9.17) is 16.3 Å². The van der Waals surface area contributed by atoms with Crippen molar-refractivity contribution in [2.24, 2.45) is 0 Å². The standard InChI is InChI=1S/C13H15ClN2O3/c1-2-19-12(17)8-16(10-3-4-10)13(18)9-5-6-15-11(14)7-9/h5-7,10H,2-4,8H2,1H3. The maximum Gasteiger partial charge on any atom is 0.325 e. The van der Waals surface area contributed by atoms with Gasteiger partial charge in [0.05, 0.1) is 6.61 Å². The maximum absolute atomic E-state index is 12.4. The Balaban J connectivity index is 2.10. The lowest BCUT2D eigenvalue weighted by Gasteiger charge is -2.21. The number of pyridine rings is 1. The van der Waals surface area contributed by atoms with Gasteiger partial charge >= 0.3 is 5.97 Å². The van der Waals surface area contributed by atoms with E-state index in [1.807, 2.05) is 0 Å². The smallest absolute Gasteiger partial charge is 0.325 e. The highest BCUT2D eigenvalue weighted by molar-refractivity contribution is 6.29. The monoisotopic (exact) mass is 282 g/mol. The molecule has 0 bridgehead atoms. The van der Waals surface area contributed by atoms with E-state index in [-0.39, 0.29) is 29.6 Å². The van der Waals surface area contributed by atoms with Crippen molar-refractivity contribution in [2.75, 3.05) is 13.2 Å². The van der Waals surface area contributed by atoms with Gasteiger partial charge in [0.1, 0.15) is 11.7 Å². The number of amides is 1. The first-order chi connectivity index (χ1) is 9.11. The third-order valence-electron chi connectivity index (χ3n) is 2.83. The summed E-state index contributed by atoms with van der Waals surface area (Å²) in [5, 5.41) is 0.262. The first-order valence-electron chi connectivity index (χ1n) is 6.20. The van der Waals surface area contributed by atoms with Gasteiger partial charge in [0.25, 0.3) is 5.91 Å². The van der Waals surface area contributed by atoms with E-state index < -0.39 is 0 Å². The molecule has 1 aliphatic rings. The van der Waals surface area contributed by atoms with E-state index in [9.17, 15) is 9.59 Å². The van der Waals surface area contributed by atoms with Crippen molar-refractivity contribution >= 4 is 23.5 Å². The number of ether oxygens (including phenoxy) is 1. The molecule has 1 heterocycles. The summed E-state index contributed by atoms with van der Waals surface area (Å²) in [4.78, 5) is 29.3.